The van der Waals surface area contributed by atoms with Crippen LogP contribution < -0.4 is 10.1 Å². The Kier molecular flexibility index (Phi) is 8.13. The molecule has 0 unspecified atom stereocenters. The summed E-state index contributed by atoms with van der Waals surface area (Å²) in [6, 6.07) is 7.58. The maximum Gasteiger partial charge on any atom is 0.433 e. The second-order valence-corrected chi connectivity index (χ2v) is 7.60. The van der Waals surface area contributed by atoms with E-state index in [-0.39, 0.29) is 30.1 Å². The molecule has 0 aliphatic heterocycles. The Bertz CT molecular complexity index is 989. The van der Waals surface area contributed by atoms with E-state index >= 15 is 0 Å². The number of esters is 1. The Morgan fingerprint density at radius 2 is 1.88 bits per heavy atom. The van der Waals surface area contributed by atoms with Gasteiger partial charge in [-0.15, -0.1) is 0 Å². The van der Waals surface area contributed by atoms with E-state index in [0.29, 0.717) is 11.1 Å². The number of hydrogen-bond acceptors (Lipinski definition) is 7. The number of alkyl halides is 3. The van der Waals surface area contributed by atoms with Crippen LogP contribution in [0.2, 0.25) is 0 Å². The predicted molar refractivity (Wildman–Crippen MR) is 115 cm³/mol. The summed E-state index contributed by atoms with van der Waals surface area (Å²) in [6.07, 6.45) is 1.42. The second-order valence-electron chi connectivity index (χ2n) is 7.60. The summed E-state index contributed by atoms with van der Waals surface area (Å²) in [4.78, 5) is 19.9. The normalized spacial score (nSPS) is 15.1. The maximum atomic E-state index is 13.4. The summed E-state index contributed by atoms with van der Waals surface area (Å²) in [5, 5.41) is 3.01. The van der Waals surface area contributed by atoms with Crippen molar-refractivity contribution in [2.75, 3.05) is 19.5 Å². The molecule has 0 amide bonds. The van der Waals surface area contributed by atoms with Crippen LogP contribution in [-0.2, 0) is 27.1 Å². The van der Waals surface area contributed by atoms with Gasteiger partial charge in [0.15, 0.2) is 5.69 Å². The van der Waals surface area contributed by atoms with Gasteiger partial charge in [-0.05, 0) is 24.0 Å². The number of halogens is 3. The molecule has 1 heterocycles. The zero-order valence-electron chi connectivity index (χ0n) is 18.4. The second kappa shape index (κ2) is 11.0. The highest BCUT2D eigenvalue weighted by atomic mass is 19.4. The molecule has 3 rings (SSSR count). The van der Waals surface area contributed by atoms with Gasteiger partial charge in [-0.25, -0.2) is 9.78 Å². The van der Waals surface area contributed by atoms with E-state index in [1.807, 2.05) is 0 Å². The monoisotopic (exact) mass is 465 g/mol. The number of nitrogens with zero attached hydrogens (tertiary/aromatic N) is 2. The summed E-state index contributed by atoms with van der Waals surface area (Å²) in [7, 11) is 2.63. The van der Waals surface area contributed by atoms with Crippen LogP contribution in [-0.4, -0.2) is 36.2 Å². The van der Waals surface area contributed by atoms with Gasteiger partial charge in [-0.3, -0.25) is 0 Å². The summed E-state index contributed by atoms with van der Waals surface area (Å²) < 4.78 is 55.7. The third-order valence-electron chi connectivity index (χ3n) is 5.26. The highest BCUT2D eigenvalue weighted by molar-refractivity contribution is 6.16. The van der Waals surface area contributed by atoms with Gasteiger partial charge in [-0.2, -0.15) is 18.2 Å². The van der Waals surface area contributed by atoms with Gasteiger partial charge in [-0.1, -0.05) is 43.5 Å². The molecule has 33 heavy (non-hydrogen) atoms. The molecule has 7 nitrogen and oxygen atoms in total. The minimum Gasteiger partial charge on any atom is -0.503 e. The smallest absolute Gasteiger partial charge is 0.433 e. The molecule has 0 radical (unpaired) electrons. The van der Waals surface area contributed by atoms with Crippen molar-refractivity contribution in [1.82, 2.24) is 9.97 Å². The van der Waals surface area contributed by atoms with Crippen molar-refractivity contribution in [2.24, 2.45) is 0 Å². The number of methoxy groups -OCH3 is 2. The highest BCUT2D eigenvalue weighted by Gasteiger charge is 2.34. The number of benzene rings is 1. The van der Waals surface area contributed by atoms with E-state index in [9.17, 15) is 18.0 Å². The summed E-state index contributed by atoms with van der Waals surface area (Å²) in [5.41, 5.74) is 0.0724. The minimum atomic E-state index is -4.65. The third-order valence-corrected chi connectivity index (χ3v) is 5.26. The molecule has 1 saturated carbocycles. The molecular formula is C23H26F3N3O4. The number of aromatic nitrogens is 2. The Balaban J connectivity index is 1.85. The molecule has 1 N–H and O–H groups in total. The van der Waals surface area contributed by atoms with Crippen molar-refractivity contribution in [3.05, 3.63) is 53.4 Å². The fourth-order valence-corrected chi connectivity index (χ4v) is 3.65. The molecule has 10 heteroatoms. The van der Waals surface area contributed by atoms with Gasteiger partial charge in [0.2, 0.25) is 11.8 Å². The van der Waals surface area contributed by atoms with Crippen LogP contribution in [0.5, 0.6) is 5.88 Å². The van der Waals surface area contributed by atoms with E-state index < -0.39 is 17.8 Å². The summed E-state index contributed by atoms with van der Waals surface area (Å²) in [5.74, 6) is -0.958. The molecule has 0 spiro atoms. The molecule has 0 saturated heterocycles. The van der Waals surface area contributed by atoms with Crippen LogP contribution in [0.3, 0.4) is 0 Å². The minimum absolute atomic E-state index is 0.0256. The zero-order valence-corrected chi connectivity index (χ0v) is 18.4. The van der Waals surface area contributed by atoms with Gasteiger partial charge in [0.1, 0.15) is 12.2 Å². The molecule has 1 fully saturated rings. The summed E-state index contributed by atoms with van der Waals surface area (Å²) in [6.45, 7) is -0.134. The lowest BCUT2D eigenvalue weighted by molar-refractivity contribution is -0.141. The third kappa shape index (κ3) is 6.59. The number of ether oxygens (including phenoxy) is 3. The van der Waals surface area contributed by atoms with Gasteiger partial charge in [0.25, 0.3) is 0 Å². The van der Waals surface area contributed by atoms with Crippen LogP contribution in [0.25, 0.3) is 5.57 Å². The number of anilines is 1. The first-order valence-corrected chi connectivity index (χ1v) is 10.6. The molecule has 1 aromatic carbocycles. The maximum absolute atomic E-state index is 13.4. The first-order valence-electron chi connectivity index (χ1n) is 10.6. The van der Waals surface area contributed by atoms with Gasteiger partial charge in [0.05, 0.1) is 20.5 Å². The standard InChI is InChI=1S/C23H26F3N3O4/c1-31-14-18(21(30)32-2)17-11-7-6-8-15(17)13-33-20-12-19(23(24,25)26)28-22(29-20)27-16-9-4-3-5-10-16/h6-8,11-12,14,16H,3-5,9-10,13H2,1-2H3,(H,27,28,29)/b18-14+. The summed E-state index contributed by atoms with van der Waals surface area (Å²) >= 11 is 0. The lowest BCUT2D eigenvalue weighted by atomic mass is 9.96. The van der Waals surface area contributed by atoms with Crippen molar-refractivity contribution in [3.63, 3.8) is 0 Å². The van der Waals surface area contributed by atoms with Gasteiger partial charge >= 0.3 is 12.1 Å². The van der Waals surface area contributed by atoms with E-state index in [0.717, 1.165) is 38.2 Å². The number of nitrogens with one attached hydrogen (secondary N) is 1. The molecule has 0 bridgehead atoms. The lowest BCUT2D eigenvalue weighted by Gasteiger charge is -2.23. The zero-order chi connectivity index (χ0) is 23.8. The van der Waals surface area contributed by atoms with E-state index in [4.69, 9.17) is 14.2 Å². The Morgan fingerprint density at radius 1 is 1.15 bits per heavy atom. The van der Waals surface area contributed by atoms with Crippen molar-refractivity contribution in [3.8, 4) is 5.88 Å². The molecule has 1 aromatic heterocycles. The first-order chi connectivity index (χ1) is 15.8. The molecular weight excluding hydrogens is 439 g/mol. The Labute approximate surface area is 190 Å². The van der Waals surface area contributed by atoms with Crippen molar-refractivity contribution in [1.29, 1.82) is 0 Å². The highest BCUT2D eigenvalue weighted by Crippen LogP contribution is 2.31. The number of carbonyl (C=O) groups excluding carboxylic acids is 1. The largest absolute Gasteiger partial charge is 0.503 e. The van der Waals surface area contributed by atoms with Gasteiger partial charge < -0.3 is 19.5 Å². The Hall–Kier alpha value is -3.30. The fraction of sp³-hybridized carbons (Fsp3) is 0.435. The van der Waals surface area contributed by atoms with Crippen LogP contribution in [0, 0.1) is 0 Å². The van der Waals surface area contributed by atoms with E-state index in [1.54, 1.807) is 24.3 Å². The topological polar surface area (TPSA) is 82.6 Å². The molecule has 1 aliphatic carbocycles. The first kappa shape index (κ1) is 24.3. The number of rotatable bonds is 8. The van der Waals surface area contributed by atoms with E-state index in [1.165, 1.54) is 20.5 Å². The molecule has 178 valence electrons. The van der Waals surface area contributed by atoms with Crippen molar-refractivity contribution in [2.45, 2.75) is 50.9 Å². The molecule has 0 atom stereocenters. The lowest BCUT2D eigenvalue weighted by Crippen LogP contribution is -2.24. The van der Waals surface area contributed by atoms with Crippen LogP contribution in [0.1, 0.15) is 48.9 Å². The molecule has 1 aliphatic rings. The quantitative estimate of drug-likeness (QED) is 0.335. The van der Waals surface area contributed by atoms with Crippen molar-refractivity contribution >= 4 is 17.5 Å². The average molecular weight is 465 g/mol. The van der Waals surface area contributed by atoms with E-state index in [2.05, 4.69) is 15.3 Å². The number of hydrogen-bond donors (Lipinski definition) is 1. The van der Waals surface area contributed by atoms with Crippen LogP contribution in [0.4, 0.5) is 19.1 Å². The SMILES string of the molecule is CO/C=C(/C(=O)OC)c1ccccc1COc1cc(C(F)(F)F)nc(NC2CCCCC2)n1. The molecule has 2 aromatic rings. The predicted octanol–water partition coefficient (Wildman–Crippen LogP) is 4.98. The van der Waals surface area contributed by atoms with Crippen LogP contribution >= 0.6 is 0 Å². The number of carbonyl (C=O) groups is 1. The average Bonchev–Trinajstić information content (AvgIpc) is 2.81. The van der Waals surface area contributed by atoms with Crippen molar-refractivity contribution < 1.29 is 32.2 Å². The van der Waals surface area contributed by atoms with Gasteiger partial charge in [0, 0.05) is 12.1 Å². The Morgan fingerprint density at radius 3 is 2.55 bits per heavy atom. The fourth-order valence-electron chi connectivity index (χ4n) is 3.65. The van der Waals surface area contributed by atoms with Crippen LogP contribution in [0.15, 0.2) is 36.6 Å².